The number of hydrogen-bond donors (Lipinski definition) is 2. The Balaban J connectivity index is 1.41. The van der Waals surface area contributed by atoms with Crippen LogP contribution in [0.25, 0.3) is 0 Å². The molecule has 0 radical (unpaired) electrons. The highest BCUT2D eigenvalue weighted by molar-refractivity contribution is 5.73. The van der Waals surface area contributed by atoms with Crippen molar-refractivity contribution in [1.82, 2.24) is 20.4 Å². The lowest BCUT2D eigenvalue weighted by Gasteiger charge is -2.14. The summed E-state index contributed by atoms with van der Waals surface area (Å²) in [6.45, 7) is 1.87. The minimum Gasteiger partial charge on any atom is -0.336 e. The van der Waals surface area contributed by atoms with E-state index in [2.05, 4.69) is 15.7 Å². The second-order valence-corrected chi connectivity index (χ2v) is 5.64. The van der Waals surface area contributed by atoms with E-state index in [9.17, 15) is 4.79 Å². The standard InChI is InChI=1S/C17H22N4O/c22-17(19-12-14-6-2-1-3-7-14)18-10-11-21-16-9-5-4-8-15(16)13-20-21/h1-3,6-7,13H,4-5,8-12H2,(H2,18,19,22). The number of rotatable bonds is 5. The molecule has 22 heavy (non-hydrogen) atoms. The van der Waals surface area contributed by atoms with Gasteiger partial charge in [-0.25, -0.2) is 4.79 Å². The first-order chi connectivity index (χ1) is 10.8. The molecule has 0 saturated carbocycles. The molecule has 0 bridgehead atoms. The molecule has 0 aliphatic heterocycles. The Morgan fingerprint density at radius 2 is 1.95 bits per heavy atom. The summed E-state index contributed by atoms with van der Waals surface area (Å²) >= 11 is 0. The van der Waals surface area contributed by atoms with Gasteiger partial charge in [-0.05, 0) is 36.8 Å². The lowest BCUT2D eigenvalue weighted by Crippen LogP contribution is -2.37. The number of nitrogens with zero attached hydrogens (tertiary/aromatic N) is 2. The molecule has 2 amide bonds. The maximum Gasteiger partial charge on any atom is 0.315 e. The quantitative estimate of drug-likeness (QED) is 0.889. The fourth-order valence-corrected chi connectivity index (χ4v) is 2.86. The van der Waals surface area contributed by atoms with Crippen LogP contribution in [0.3, 0.4) is 0 Å². The topological polar surface area (TPSA) is 59.0 Å². The molecule has 2 aromatic rings. The third-order valence-electron chi connectivity index (χ3n) is 4.05. The molecule has 0 unspecified atom stereocenters. The maximum atomic E-state index is 11.8. The smallest absolute Gasteiger partial charge is 0.315 e. The fraction of sp³-hybridized carbons (Fsp3) is 0.412. The first-order valence-corrected chi connectivity index (χ1v) is 7.92. The van der Waals surface area contributed by atoms with Crippen molar-refractivity contribution in [3.63, 3.8) is 0 Å². The minimum atomic E-state index is -0.134. The summed E-state index contributed by atoms with van der Waals surface area (Å²) < 4.78 is 2.03. The molecule has 5 nitrogen and oxygen atoms in total. The number of aryl methyl sites for hydroxylation is 1. The second kappa shape index (κ2) is 7.11. The molecule has 2 N–H and O–H groups in total. The molecule has 0 atom stereocenters. The zero-order chi connectivity index (χ0) is 15.2. The van der Waals surface area contributed by atoms with E-state index in [0.717, 1.165) is 24.9 Å². The first kappa shape index (κ1) is 14.6. The van der Waals surface area contributed by atoms with Gasteiger partial charge < -0.3 is 10.6 Å². The lowest BCUT2D eigenvalue weighted by atomic mass is 9.98. The fourth-order valence-electron chi connectivity index (χ4n) is 2.86. The van der Waals surface area contributed by atoms with Crippen molar-refractivity contribution in [1.29, 1.82) is 0 Å². The molecular formula is C17H22N4O. The number of nitrogens with one attached hydrogen (secondary N) is 2. The van der Waals surface area contributed by atoms with Gasteiger partial charge in [-0.2, -0.15) is 5.10 Å². The van der Waals surface area contributed by atoms with Crippen LogP contribution in [0.1, 0.15) is 29.7 Å². The van der Waals surface area contributed by atoms with E-state index in [1.807, 2.05) is 41.2 Å². The molecular weight excluding hydrogens is 276 g/mol. The molecule has 116 valence electrons. The highest BCUT2D eigenvalue weighted by Crippen LogP contribution is 2.20. The summed E-state index contributed by atoms with van der Waals surface area (Å²) in [6, 6.07) is 9.76. The van der Waals surface area contributed by atoms with Crippen LogP contribution in [0.15, 0.2) is 36.5 Å². The number of urea groups is 1. The number of benzene rings is 1. The van der Waals surface area contributed by atoms with Gasteiger partial charge in [-0.1, -0.05) is 30.3 Å². The van der Waals surface area contributed by atoms with Crippen LogP contribution in [-0.4, -0.2) is 22.4 Å². The summed E-state index contributed by atoms with van der Waals surface area (Å²) in [5.74, 6) is 0. The van der Waals surface area contributed by atoms with Crippen LogP contribution >= 0.6 is 0 Å². The third-order valence-corrected chi connectivity index (χ3v) is 4.05. The Labute approximate surface area is 130 Å². The van der Waals surface area contributed by atoms with E-state index >= 15 is 0 Å². The van der Waals surface area contributed by atoms with E-state index in [1.165, 1.54) is 24.1 Å². The molecule has 0 fully saturated rings. The van der Waals surface area contributed by atoms with Crippen molar-refractivity contribution in [2.45, 2.75) is 38.8 Å². The van der Waals surface area contributed by atoms with Gasteiger partial charge in [-0.3, -0.25) is 4.68 Å². The van der Waals surface area contributed by atoms with E-state index in [4.69, 9.17) is 0 Å². The molecule has 0 saturated heterocycles. The van der Waals surface area contributed by atoms with Crippen molar-refractivity contribution < 1.29 is 4.79 Å². The van der Waals surface area contributed by atoms with Crippen molar-refractivity contribution >= 4 is 6.03 Å². The minimum absolute atomic E-state index is 0.134. The van der Waals surface area contributed by atoms with E-state index in [1.54, 1.807) is 0 Å². The van der Waals surface area contributed by atoms with Crippen LogP contribution in [0, 0.1) is 0 Å². The van der Waals surface area contributed by atoms with Gasteiger partial charge in [-0.15, -0.1) is 0 Å². The van der Waals surface area contributed by atoms with Crippen molar-refractivity contribution in [2.75, 3.05) is 6.54 Å². The normalized spacial score (nSPS) is 13.5. The van der Waals surface area contributed by atoms with E-state index < -0.39 is 0 Å². The molecule has 5 heteroatoms. The van der Waals surface area contributed by atoms with Gasteiger partial charge in [0.15, 0.2) is 0 Å². The van der Waals surface area contributed by atoms with Crippen molar-refractivity contribution in [3.05, 3.63) is 53.3 Å². The summed E-state index contributed by atoms with van der Waals surface area (Å²) in [4.78, 5) is 11.8. The summed E-state index contributed by atoms with van der Waals surface area (Å²) in [5.41, 5.74) is 3.82. The number of aromatic nitrogens is 2. The first-order valence-electron chi connectivity index (χ1n) is 7.92. The second-order valence-electron chi connectivity index (χ2n) is 5.64. The van der Waals surface area contributed by atoms with Gasteiger partial charge >= 0.3 is 6.03 Å². The maximum absolute atomic E-state index is 11.8. The molecule has 1 aliphatic carbocycles. The Bertz CT molecular complexity index is 621. The van der Waals surface area contributed by atoms with Gasteiger partial charge in [0.25, 0.3) is 0 Å². The van der Waals surface area contributed by atoms with Crippen LogP contribution in [-0.2, 0) is 25.9 Å². The van der Waals surface area contributed by atoms with E-state index in [-0.39, 0.29) is 6.03 Å². The molecule has 1 aromatic heterocycles. The number of fused-ring (bicyclic) bond motifs is 1. The van der Waals surface area contributed by atoms with Crippen molar-refractivity contribution in [3.8, 4) is 0 Å². The highest BCUT2D eigenvalue weighted by Gasteiger charge is 2.14. The summed E-state index contributed by atoms with van der Waals surface area (Å²) in [5, 5.41) is 10.2. The van der Waals surface area contributed by atoms with Crippen molar-refractivity contribution in [2.24, 2.45) is 0 Å². The summed E-state index contributed by atoms with van der Waals surface area (Å²) in [7, 11) is 0. The number of carbonyl (C=O) groups excluding carboxylic acids is 1. The lowest BCUT2D eigenvalue weighted by molar-refractivity contribution is 0.240. The Morgan fingerprint density at radius 1 is 1.14 bits per heavy atom. The highest BCUT2D eigenvalue weighted by atomic mass is 16.2. The van der Waals surface area contributed by atoms with Crippen LogP contribution in [0.2, 0.25) is 0 Å². The van der Waals surface area contributed by atoms with Gasteiger partial charge in [0.2, 0.25) is 0 Å². The monoisotopic (exact) mass is 298 g/mol. The Kier molecular flexibility index (Phi) is 4.73. The SMILES string of the molecule is O=C(NCCn1ncc2c1CCCC2)NCc1ccccc1. The number of carbonyl (C=O) groups is 1. The van der Waals surface area contributed by atoms with Gasteiger partial charge in [0, 0.05) is 18.8 Å². The number of hydrogen-bond acceptors (Lipinski definition) is 2. The molecule has 0 spiro atoms. The van der Waals surface area contributed by atoms with Crippen LogP contribution in [0.4, 0.5) is 4.79 Å². The summed E-state index contributed by atoms with van der Waals surface area (Å²) in [6.07, 6.45) is 6.72. The largest absolute Gasteiger partial charge is 0.336 e. The van der Waals surface area contributed by atoms with Crippen LogP contribution in [0.5, 0.6) is 0 Å². The zero-order valence-corrected chi connectivity index (χ0v) is 12.7. The molecule has 1 aromatic carbocycles. The molecule has 1 aliphatic rings. The average Bonchev–Trinajstić information content (AvgIpc) is 2.97. The number of amides is 2. The molecule has 1 heterocycles. The predicted molar refractivity (Wildman–Crippen MR) is 85.5 cm³/mol. The van der Waals surface area contributed by atoms with Gasteiger partial charge in [0.05, 0.1) is 12.7 Å². The Hall–Kier alpha value is -2.30. The average molecular weight is 298 g/mol. The predicted octanol–water partition coefficient (Wildman–Crippen LogP) is 2.26. The van der Waals surface area contributed by atoms with Crippen LogP contribution < -0.4 is 10.6 Å². The third kappa shape index (κ3) is 3.67. The van der Waals surface area contributed by atoms with E-state index in [0.29, 0.717) is 13.1 Å². The Morgan fingerprint density at radius 3 is 2.82 bits per heavy atom. The zero-order valence-electron chi connectivity index (χ0n) is 12.7. The van der Waals surface area contributed by atoms with Gasteiger partial charge in [0.1, 0.15) is 0 Å². The molecule has 3 rings (SSSR count).